The number of carbonyl (C=O) groups is 1. The van der Waals surface area contributed by atoms with Gasteiger partial charge < -0.3 is 5.11 Å². The fourth-order valence-electron chi connectivity index (χ4n) is 2.18. The molecule has 0 amide bonds. The van der Waals surface area contributed by atoms with Crippen LogP contribution < -0.4 is 0 Å². The molecule has 15 heavy (non-hydrogen) atoms. The van der Waals surface area contributed by atoms with Crippen molar-refractivity contribution < 1.29 is 9.90 Å². The molecule has 0 aromatic carbocycles. The van der Waals surface area contributed by atoms with Gasteiger partial charge in [0, 0.05) is 12.0 Å². The second-order valence-electron chi connectivity index (χ2n) is 5.02. The van der Waals surface area contributed by atoms with Gasteiger partial charge in [0.15, 0.2) is 0 Å². The molecule has 2 rings (SSSR count). The molecule has 0 bridgehead atoms. The normalized spacial score (nSPS) is 38.8. The van der Waals surface area contributed by atoms with Crippen molar-refractivity contribution >= 4 is 5.97 Å². The standard InChI is InChI=1S/C10H17N3O2/c1-6(2)13-5-10(3,11-12-13)8-4-7(8)9(14)15/h6-8H,4-5H2,1-3H3,(H,14,15)/t7-,8-,10?/m0/s1. The van der Waals surface area contributed by atoms with Crippen LogP contribution in [-0.4, -0.2) is 34.2 Å². The Bertz CT molecular complexity index is 316. The molecule has 0 aromatic rings. The van der Waals surface area contributed by atoms with E-state index in [1.165, 1.54) is 0 Å². The molecule has 0 aromatic heterocycles. The molecule has 1 saturated carbocycles. The van der Waals surface area contributed by atoms with Gasteiger partial charge in [-0.1, -0.05) is 5.22 Å². The van der Waals surface area contributed by atoms with E-state index in [0.29, 0.717) is 6.04 Å². The van der Waals surface area contributed by atoms with Crippen molar-refractivity contribution in [2.45, 2.75) is 38.8 Å². The summed E-state index contributed by atoms with van der Waals surface area (Å²) >= 11 is 0. The van der Waals surface area contributed by atoms with Crippen molar-refractivity contribution in [2.24, 2.45) is 22.2 Å². The number of carboxylic acids is 1. The molecular formula is C10H17N3O2. The maximum Gasteiger partial charge on any atom is 0.306 e. The third-order valence-corrected chi connectivity index (χ3v) is 3.37. The summed E-state index contributed by atoms with van der Waals surface area (Å²) in [4.78, 5) is 10.8. The summed E-state index contributed by atoms with van der Waals surface area (Å²) in [7, 11) is 0. The third-order valence-electron chi connectivity index (χ3n) is 3.37. The van der Waals surface area contributed by atoms with E-state index < -0.39 is 5.97 Å². The van der Waals surface area contributed by atoms with E-state index in [9.17, 15) is 4.79 Å². The predicted molar refractivity (Wildman–Crippen MR) is 54.3 cm³/mol. The van der Waals surface area contributed by atoms with Crippen LogP contribution in [0.25, 0.3) is 0 Å². The highest BCUT2D eigenvalue weighted by Crippen LogP contribution is 2.50. The van der Waals surface area contributed by atoms with E-state index >= 15 is 0 Å². The Labute approximate surface area is 89.1 Å². The molecule has 5 nitrogen and oxygen atoms in total. The minimum absolute atomic E-state index is 0.169. The highest BCUT2D eigenvalue weighted by atomic mass is 16.4. The van der Waals surface area contributed by atoms with Gasteiger partial charge in [0.1, 0.15) is 5.54 Å². The number of hydrogen-bond donors (Lipinski definition) is 1. The van der Waals surface area contributed by atoms with Crippen LogP contribution in [0.4, 0.5) is 0 Å². The first-order valence-corrected chi connectivity index (χ1v) is 5.36. The van der Waals surface area contributed by atoms with Crippen LogP contribution in [0.5, 0.6) is 0 Å². The maximum absolute atomic E-state index is 10.8. The molecule has 5 heteroatoms. The number of aliphatic carboxylic acids is 1. The van der Waals surface area contributed by atoms with Crippen LogP contribution in [0.2, 0.25) is 0 Å². The largest absolute Gasteiger partial charge is 0.481 e. The van der Waals surface area contributed by atoms with Crippen molar-refractivity contribution in [1.29, 1.82) is 0 Å². The first kappa shape index (κ1) is 10.4. The summed E-state index contributed by atoms with van der Waals surface area (Å²) in [5, 5.41) is 19.2. The zero-order chi connectivity index (χ0) is 11.2. The molecule has 84 valence electrons. The molecule has 1 heterocycles. The lowest BCUT2D eigenvalue weighted by Crippen LogP contribution is -2.36. The Kier molecular flexibility index (Phi) is 2.20. The summed E-state index contributed by atoms with van der Waals surface area (Å²) in [5.74, 6) is -0.733. The first-order chi connectivity index (χ1) is 6.94. The molecule has 2 aliphatic rings. The Morgan fingerprint density at radius 3 is 2.67 bits per heavy atom. The summed E-state index contributed by atoms with van der Waals surface area (Å²) < 4.78 is 0. The van der Waals surface area contributed by atoms with Gasteiger partial charge in [0.05, 0.1) is 12.5 Å². The van der Waals surface area contributed by atoms with Gasteiger partial charge in [-0.25, -0.2) is 0 Å². The fourth-order valence-corrected chi connectivity index (χ4v) is 2.18. The van der Waals surface area contributed by atoms with E-state index in [1.54, 1.807) is 0 Å². The Hall–Kier alpha value is -1.13. The lowest BCUT2D eigenvalue weighted by Gasteiger charge is -2.23. The van der Waals surface area contributed by atoms with E-state index in [1.807, 2.05) is 11.9 Å². The van der Waals surface area contributed by atoms with Crippen LogP contribution in [-0.2, 0) is 4.79 Å². The Morgan fingerprint density at radius 1 is 1.60 bits per heavy atom. The fraction of sp³-hybridized carbons (Fsp3) is 0.900. The molecule has 0 saturated heterocycles. The van der Waals surface area contributed by atoms with Crippen molar-refractivity contribution in [3.05, 3.63) is 0 Å². The molecular weight excluding hydrogens is 194 g/mol. The monoisotopic (exact) mass is 211 g/mol. The molecule has 1 aliphatic carbocycles. The molecule has 1 N–H and O–H groups in total. The SMILES string of the molecule is CC(C)N1CC(C)([C@H]2C[C@@H]2C(=O)O)N=N1. The van der Waals surface area contributed by atoms with Crippen LogP contribution >= 0.6 is 0 Å². The minimum atomic E-state index is -0.695. The van der Waals surface area contributed by atoms with Gasteiger partial charge in [-0.15, -0.1) is 0 Å². The lowest BCUT2D eigenvalue weighted by atomic mass is 9.95. The first-order valence-electron chi connectivity index (χ1n) is 5.36. The molecule has 1 fully saturated rings. The van der Waals surface area contributed by atoms with Crippen LogP contribution in [0.15, 0.2) is 10.3 Å². The third kappa shape index (κ3) is 1.70. The number of hydrogen-bond acceptors (Lipinski definition) is 4. The summed E-state index contributed by atoms with van der Waals surface area (Å²) in [6, 6.07) is 0.331. The summed E-state index contributed by atoms with van der Waals surface area (Å²) in [6.07, 6.45) is 0.747. The van der Waals surface area contributed by atoms with E-state index in [4.69, 9.17) is 5.11 Å². The second kappa shape index (κ2) is 3.18. The lowest BCUT2D eigenvalue weighted by molar-refractivity contribution is -0.139. The Balaban J connectivity index is 2.01. The maximum atomic E-state index is 10.8. The average molecular weight is 211 g/mol. The van der Waals surface area contributed by atoms with Gasteiger partial charge in [0.25, 0.3) is 0 Å². The second-order valence-corrected chi connectivity index (χ2v) is 5.02. The average Bonchev–Trinajstić information content (AvgIpc) is 2.85. The van der Waals surface area contributed by atoms with Crippen molar-refractivity contribution in [2.75, 3.05) is 6.54 Å². The van der Waals surface area contributed by atoms with Crippen molar-refractivity contribution in [1.82, 2.24) is 5.01 Å². The zero-order valence-electron chi connectivity index (χ0n) is 9.34. The van der Waals surface area contributed by atoms with Gasteiger partial charge >= 0.3 is 5.97 Å². The van der Waals surface area contributed by atoms with Crippen LogP contribution in [0.1, 0.15) is 27.2 Å². The van der Waals surface area contributed by atoms with Crippen LogP contribution in [0, 0.1) is 11.8 Å². The number of rotatable bonds is 3. The van der Waals surface area contributed by atoms with E-state index in [-0.39, 0.29) is 17.4 Å². The van der Waals surface area contributed by atoms with Crippen LogP contribution in [0.3, 0.4) is 0 Å². The zero-order valence-corrected chi connectivity index (χ0v) is 9.34. The number of carboxylic acid groups (broad SMARTS) is 1. The summed E-state index contributed by atoms with van der Waals surface area (Å²) in [6.45, 7) is 6.88. The molecule has 3 atom stereocenters. The quantitative estimate of drug-likeness (QED) is 0.770. The minimum Gasteiger partial charge on any atom is -0.481 e. The topological polar surface area (TPSA) is 65.3 Å². The molecule has 0 spiro atoms. The molecule has 1 unspecified atom stereocenters. The van der Waals surface area contributed by atoms with Crippen molar-refractivity contribution in [3.8, 4) is 0 Å². The predicted octanol–water partition coefficient (Wildman–Crippen LogP) is 1.56. The highest BCUT2D eigenvalue weighted by Gasteiger charge is 2.56. The van der Waals surface area contributed by atoms with Gasteiger partial charge in [-0.3, -0.25) is 9.80 Å². The smallest absolute Gasteiger partial charge is 0.306 e. The highest BCUT2D eigenvalue weighted by molar-refractivity contribution is 5.73. The van der Waals surface area contributed by atoms with Gasteiger partial charge in [-0.05, 0) is 27.2 Å². The Morgan fingerprint density at radius 2 is 2.27 bits per heavy atom. The van der Waals surface area contributed by atoms with Gasteiger partial charge in [-0.2, -0.15) is 5.11 Å². The molecule has 0 radical (unpaired) electrons. The molecule has 1 aliphatic heterocycles. The van der Waals surface area contributed by atoms with E-state index in [0.717, 1.165) is 13.0 Å². The van der Waals surface area contributed by atoms with E-state index in [2.05, 4.69) is 24.2 Å². The number of nitrogens with zero attached hydrogens (tertiary/aromatic N) is 3. The van der Waals surface area contributed by atoms with Crippen molar-refractivity contribution in [3.63, 3.8) is 0 Å². The summed E-state index contributed by atoms with van der Waals surface area (Å²) in [5.41, 5.74) is -0.284. The van der Waals surface area contributed by atoms with Gasteiger partial charge in [0.2, 0.25) is 0 Å².